The van der Waals surface area contributed by atoms with Gasteiger partial charge in [0.2, 0.25) is 5.95 Å². The van der Waals surface area contributed by atoms with Crippen LogP contribution in [0.25, 0.3) is 11.2 Å². The third kappa shape index (κ3) is 2.31. The van der Waals surface area contributed by atoms with E-state index in [-0.39, 0.29) is 24.0 Å². The molecule has 1 aliphatic heterocycles. The van der Waals surface area contributed by atoms with Gasteiger partial charge in [-0.3, -0.25) is 14.3 Å². The Morgan fingerprint density at radius 2 is 2.17 bits per heavy atom. The maximum atomic E-state index is 12.0. The molecule has 2 aliphatic rings. The SMILES string of the molecule is Nc1nc2c(ncn2[C@@H]2O[C@H](CO)[C@@H](O)[C@H]2C2CCCC2)c(=O)[nH]1. The van der Waals surface area contributed by atoms with Gasteiger partial charge in [-0.05, 0) is 18.8 Å². The van der Waals surface area contributed by atoms with Crippen LogP contribution in [0.1, 0.15) is 31.9 Å². The number of fused-ring (bicyclic) bond motifs is 1. The molecule has 0 radical (unpaired) electrons. The number of aliphatic hydroxyl groups is 2. The Hall–Kier alpha value is -1.97. The van der Waals surface area contributed by atoms with Gasteiger partial charge in [0.15, 0.2) is 11.2 Å². The highest BCUT2D eigenvalue weighted by Gasteiger charge is 2.48. The van der Waals surface area contributed by atoms with Gasteiger partial charge in [0, 0.05) is 5.92 Å². The number of nitrogen functional groups attached to an aromatic ring is 1. The number of rotatable bonds is 3. The summed E-state index contributed by atoms with van der Waals surface area (Å²) in [7, 11) is 0. The van der Waals surface area contributed by atoms with Crippen molar-refractivity contribution < 1.29 is 14.9 Å². The number of aromatic amines is 1. The number of aromatic nitrogens is 4. The lowest BCUT2D eigenvalue weighted by atomic mass is 9.85. The van der Waals surface area contributed by atoms with E-state index < -0.39 is 24.0 Å². The molecular formula is C15H21N5O4. The molecule has 9 nitrogen and oxygen atoms in total. The number of anilines is 1. The van der Waals surface area contributed by atoms with E-state index in [1.54, 1.807) is 4.57 Å². The van der Waals surface area contributed by atoms with Gasteiger partial charge < -0.3 is 20.7 Å². The lowest BCUT2D eigenvalue weighted by Gasteiger charge is -2.27. The van der Waals surface area contributed by atoms with E-state index in [4.69, 9.17) is 10.5 Å². The fraction of sp³-hybridized carbons (Fsp3) is 0.667. The molecule has 0 unspecified atom stereocenters. The van der Waals surface area contributed by atoms with Crippen LogP contribution in [0.2, 0.25) is 0 Å². The average Bonchev–Trinajstić information content (AvgIpc) is 3.24. The maximum Gasteiger partial charge on any atom is 0.280 e. The Kier molecular flexibility index (Phi) is 3.78. The molecule has 0 aromatic carbocycles. The molecule has 2 aromatic heterocycles. The van der Waals surface area contributed by atoms with Crippen molar-refractivity contribution >= 4 is 17.1 Å². The highest BCUT2D eigenvalue weighted by Crippen LogP contribution is 2.45. The highest BCUT2D eigenvalue weighted by molar-refractivity contribution is 5.70. The molecule has 0 amide bonds. The van der Waals surface area contributed by atoms with E-state index in [1.165, 1.54) is 6.33 Å². The summed E-state index contributed by atoms with van der Waals surface area (Å²) in [6, 6.07) is 0. The normalized spacial score (nSPS) is 31.2. The van der Waals surface area contributed by atoms with E-state index in [2.05, 4.69) is 15.0 Å². The molecule has 0 bridgehead atoms. The zero-order valence-electron chi connectivity index (χ0n) is 13.1. The maximum absolute atomic E-state index is 12.0. The van der Waals surface area contributed by atoms with Crippen molar-refractivity contribution in [2.75, 3.05) is 12.3 Å². The zero-order valence-corrected chi connectivity index (χ0v) is 13.1. The fourth-order valence-corrected chi connectivity index (χ4v) is 4.15. The van der Waals surface area contributed by atoms with E-state index in [9.17, 15) is 15.0 Å². The van der Waals surface area contributed by atoms with E-state index in [0.717, 1.165) is 25.7 Å². The van der Waals surface area contributed by atoms with Crippen LogP contribution in [0.3, 0.4) is 0 Å². The number of ether oxygens (including phenoxy) is 1. The number of hydrogen-bond acceptors (Lipinski definition) is 7. The standard InChI is InChI=1S/C15H21N5O4/c16-15-18-12-10(13(23)19-15)17-6-20(12)14-9(7-3-1-2-4-7)11(22)8(5-21)24-14/h6-9,11,14,21-22H,1-5H2,(H3,16,18,19,23)/t8-,9-,11-,14-/m1/s1. The molecule has 2 fully saturated rings. The summed E-state index contributed by atoms with van der Waals surface area (Å²) in [5, 5.41) is 20.1. The van der Waals surface area contributed by atoms with E-state index in [1.807, 2.05) is 0 Å². The predicted octanol–water partition coefficient (Wildman–Crippen LogP) is -0.241. The van der Waals surface area contributed by atoms with Crippen molar-refractivity contribution in [2.24, 2.45) is 11.8 Å². The number of aliphatic hydroxyl groups excluding tert-OH is 2. The Labute approximate surface area is 137 Å². The van der Waals surface area contributed by atoms with Crippen LogP contribution in [0.15, 0.2) is 11.1 Å². The molecule has 24 heavy (non-hydrogen) atoms. The minimum absolute atomic E-state index is 0.00363. The van der Waals surface area contributed by atoms with Crippen molar-refractivity contribution in [1.29, 1.82) is 0 Å². The number of hydrogen-bond donors (Lipinski definition) is 4. The summed E-state index contributed by atoms with van der Waals surface area (Å²) in [5.74, 6) is 0.131. The number of H-pyrrole nitrogens is 1. The van der Waals surface area contributed by atoms with Crippen LogP contribution in [0, 0.1) is 11.8 Å². The Bertz CT molecular complexity index is 797. The first-order valence-corrected chi connectivity index (χ1v) is 8.27. The number of imidazole rings is 1. The molecule has 4 rings (SSSR count). The van der Waals surface area contributed by atoms with Gasteiger partial charge in [-0.2, -0.15) is 4.98 Å². The highest BCUT2D eigenvalue weighted by atomic mass is 16.5. The summed E-state index contributed by atoms with van der Waals surface area (Å²) >= 11 is 0. The van der Waals surface area contributed by atoms with Gasteiger partial charge in [0.1, 0.15) is 12.3 Å². The van der Waals surface area contributed by atoms with Crippen molar-refractivity contribution in [1.82, 2.24) is 19.5 Å². The average molecular weight is 335 g/mol. The fourth-order valence-electron chi connectivity index (χ4n) is 4.15. The lowest BCUT2D eigenvalue weighted by molar-refractivity contribution is -0.0465. The summed E-state index contributed by atoms with van der Waals surface area (Å²) in [5.41, 5.74) is 5.75. The van der Waals surface area contributed by atoms with Crippen LogP contribution in [0.5, 0.6) is 0 Å². The molecule has 1 aliphatic carbocycles. The second-order valence-corrected chi connectivity index (χ2v) is 6.64. The topological polar surface area (TPSA) is 139 Å². The van der Waals surface area contributed by atoms with Gasteiger partial charge in [-0.15, -0.1) is 0 Å². The van der Waals surface area contributed by atoms with E-state index in [0.29, 0.717) is 11.6 Å². The number of nitrogens with two attached hydrogens (primary N) is 1. The third-order valence-corrected chi connectivity index (χ3v) is 5.27. The van der Waals surface area contributed by atoms with Crippen molar-refractivity contribution in [2.45, 2.75) is 44.1 Å². The zero-order chi connectivity index (χ0) is 16.8. The number of nitrogens with one attached hydrogen (secondary N) is 1. The molecular weight excluding hydrogens is 314 g/mol. The van der Waals surface area contributed by atoms with Gasteiger partial charge in [0.25, 0.3) is 5.56 Å². The van der Waals surface area contributed by atoms with Gasteiger partial charge in [0.05, 0.1) is 19.0 Å². The Morgan fingerprint density at radius 1 is 1.42 bits per heavy atom. The summed E-state index contributed by atoms with van der Waals surface area (Å²) in [6.45, 7) is -0.260. The quantitative estimate of drug-likeness (QED) is 0.607. The molecule has 1 saturated heterocycles. The molecule has 2 aromatic rings. The summed E-state index contributed by atoms with van der Waals surface area (Å²) in [6.07, 6.45) is 3.83. The smallest absolute Gasteiger partial charge is 0.280 e. The summed E-state index contributed by atoms with van der Waals surface area (Å²) in [4.78, 5) is 22.7. The minimum atomic E-state index is -0.764. The van der Waals surface area contributed by atoms with Gasteiger partial charge in [-0.25, -0.2) is 4.98 Å². The Morgan fingerprint density at radius 3 is 2.88 bits per heavy atom. The van der Waals surface area contributed by atoms with Crippen molar-refractivity contribution in [3.05, 3.63) is 16.7 Å². The largest absolute Gasteiger partial charge is 0.394 e. The van der Waals surface area contributed by atoms with Crippen molar-refractivity contribution in [3.8, 4) is 0 Å². The molecule has 4 atom stereocenters. The molecule has 1 saturated carbocycles. The van der Waals surface area contributed by atoms with Crippen LogP contribution in [-0.2, 0) is 4.74 Å². The first-order chi connectivity index (χ1) is 11.6. The van der Waals surface area contributed by atoms with Crippen LogP contribution in [-0.4, -0.2) is 48.5 Å². The second kappa shape index (κ2) is 5.83. The summed E-state index contributed by atoms with van der Waals surface area (Å²) < 4.78 is 7.57. The molecule has 0 spiro atoms. The second-order valence-electron chi connectivity index (χ2n) is 6.64. The number of nitrogens with zero attached hydrogens (tertiary/aromatic N) is 3. The minimum Gasteiger partial charge on any atom is -0.394 e. The van der Waals surface area contributed by atoms with E-state index >= 15 is 0 Å². The van der Waals surface area contributed by atoms with Gasteiger partial charge >= 0.3 is 0 Å². The van der Waals surface area contributed by atoms with Crippen LogP contribution in [0.4, 0.5) is 5.95 Å². The first kappa shape index (κ1) is 15.6. The molecule has 5 N–H and O–H groups in total. The molecule has 3 heterocycles. The predicted molar refractivity (Wildman–Crippen MR) is 85.0 cm³/mol. The molecule has 9 heteroatoms. The van der Waals surface area contributed by atoms with Crippen LogP contribution >= 0.6 is 0 Å². The monoisotopic (exact) mass is 335 g/mol. The lowest BCUT2D eigenvalue weighted by Crippen LogP contribution is -2.33. The Balaban J connectivity index is 1.80. The van der Waals surface area contributed by atoms with Crippen LogP contribution < -0.4 is 11.3 Å². The third-order valence-electron chi connectivity index (χ3n) is 5.27. The van der Waals surface area contributed by atoms with Crippen molar-refractivity contribution in [3.63, 3.8) is 0 Å². The van der Waals surface area contributed by atoms with Gasteiger partial charge in [-0.1, -0.05) is 12.8 Å². The molecule has 130 valence electrons. The first-order valence-electron chi connectivity index (χ1n) is 8.27.